The largest absolute Gasteiger partial charge is 0.378 e. The highest BCUT2D eigenvalue weighted by Gasteiger charge is 1.92. The van der Waals surface area contributed by atoms with E-state index < -0.39 is 0 Å². The highest BCUT2D eigenvalue weighted by molar-refractivity contribution is 5.56. The molecular weight excluding hydrogens is 352 g/mol. The quantitative estimate of drug-likeness (QED) is 0.485. The third kappa shape index (κ3) is 8.60. The monoisotopic (exact) mass is 378 g/mol. The fourth-order valence-corrected chi connectivity index (χ4v) is 2.40. The Balaban J connectivity index is 1.70. The van der Waals surface area contributed by atoms with Crippen LogP contribution in [0.5, 0.6) is 0 Å². The van der Waals surface area contributed by atoms with E-state index in [1.807, 2.05) is 105 Å². The van der Waals surface area contributed by atoms with Crippen molar-refractivity contribution in [1.29, 1.82) is 5.26 Å². The molecule has 29 heavy (non-hydrogen) atoms. The molecule has 0 aromatic heterocycles. The summed E-state index contributed by atoms with van der Waals surface area (Å²) in [6.45, 7) is 0. The van der Waals surface area contributed by atoms with E-state index in [0.29, 0.717) is 5.56 Å². The molecule has 0 unspecified atom stereocenters. The van der Waals surface area contributed by atoms with Crippen LogP contribution in [0.15, 0.2) is 109 Å². The standard InChI is InChI=1S/C27H26N2/c1-29(2)27-21-19-25(20-22-27)14-12-10-8-6-4-3-5-7-9-11-13-24-15-17-26(23-28)18-16-24/h3-22H,1-2H3/b5-3+,6-4+,9-7+,10-8+,13-11+,14-12+. The van der Waals surface area contributed by atoms with Crippen LogP contribution in [0.25, 0.3) is 12.2 Å². The fourth-order valence-electron chi connectivity index (χ4n) is 2.40. The summed E-state index contributed by atoms with van der Waals surface area (Å²) in [5.41, 5.74) is 4.13. The average molecular weight is 379 g/mol. The van der Waals surface area contributed by atoms with Gasteiger partial charge in [-0.3, -0.25) is 0 Å². The van der Waals surface area contributed by atoms with Crippen molar-refractivity contribution in [2.45, 2.75) is 0 Å². The molecule has 0 amide bonds. The van der Waals surface area contributed by atoms with E-state index >= 15 is 0 Å². The van der Waals surface area contributed by atoms with Gasteiger partial charge in [0.2, 0.25) is 0 Å². The molecule has 0 bridgehead atoms. The van der Waals surface area contributed by atoms with E-state index in [9.17, 15) is 0 Å². The molecule has 2 rings (SSSR count). The number of anilines is 1. The first-order valence-corrected chi connectivity index (χ1v) is 9.48. The van der Waals surface area contributed by atoms with Crippen LogP contribution in [0, 0.1) is 11.3 Å². The number of hydrogen-bond acceptors (Lipinski definition) is 2. The first-order chi connectivity index (χ1) is 14.2. The van der Waals surface area contributed by atoms with Crippen LogP contribution >= 0.6 is 0 Å². The van der Waals surface area contributed by atoms with E-state index in [2.05, 4.69) is 41.3 Å². The lowest BCUT2D eigenvalue weighted by atomic mass is 10.1. The first-order valence-electron chi connectivity index (χ1n) is 9.48. The average Bonchev–Trinajstić information content (AvgIpc) is 2.75. The molecule has 0 atom stereocenters. The minimum atomic E-state index is 0.676. The summed E-state index contributed by atoms with van der Waals surface area (Å²) < 4.78 is 0. The third-order valence-corrected chi connectivity index (χ3v) is 4.03. The lowest BCUT2D eigenvalue weighted by Gasteiger charge is -2.11. The Kier molecular flexibility index (Phi) is 9.28. The highest BCUT2D eigenvalue weighted by atomic mass is 15.1. The van der Waals surface area contributed by atoms with E-state index in [1.54, 1.807) is 0 Å². The Hall–Kier alpha value is -3.83. The summed E-state index contributed by atoms with van der Waals surface area (Å²) >= 11 is 0. The topological polar surface area (TPSA) is 27.0 Å². The van der Waals surface area contributed by atoms with Crippen molar-refractivity contribution < 1.29 is 0 Å². The van der Waals surface area contributed by atoms with Gasteiger partial charge < -0.3 is 4.90 Å². The highest BCUT2D eigenvalue weighted by Crippen LogP contribution is 2.13. The molecule has 2 heteroatoms. The van der Waals surface area contributed by atoms with Crippen molar-refractivity contribution >= 4 is 17.8 Å². The minimum Gasteiger partial charge on any atom is -0.378 e. The van der Waals surface area contributed by atoms with Crippen molar-refractivity contribution in [3.63, 3.8) is 0 Å². The molecule has 0 radical (unpaired) electrons. The van der Waals surface area contributed by atoms with Crippen LogP contribution in [0.2, 0.25) is 0 Å². The maximum Gasteiger partial charge on any atom is 0.0991 e. The van der Waals surface area contributed by atoms with Crippen LogP contribution in [-0.2, 0) is 0 Å². The Morgan fingerprint density at radius 1 is 0.586 bits per heavy atom. The number of nitrogens with zero attached hydrogens (tertiary/aromatic N) is 2. The van der Waals surface area contributed by atoms with Crippen molar-refractivity contribution in [1.82, 2.24) is 0 Å². The molecular formula is C27H26N2. The van der Waals surface area contributed by atoms with Crippen molar-refractivity contribution in [3.05, 3.63) is 126 Å². The molecule has 0 aliphatic heterocycles. The zero-order valence-corrected chi connectivity index (χ0v) is 16.9. The van der Waals surface area contributed by atoms with E-state index in [-0.39, 0.29) is 0 Å². The third-order valence-electron chi connectivity index (χ3n) is 4.03. The van der Waals surface area contributed by atoms with Gasteiger partial charge in [0.15, 0.2) is 0 Å². The molecule has 0 heterocycles. The predicted octanol–water partition coefficient (Wildman–Crippen LogP) is 6.58. The van der Waals surface area contributed by atoms with Gasteiger partial charge >= 0.3 is 0 Å². The molecule has 2 aromatic carbocycles. The van der Waals surface area contributed by atoms with Gasteiger partial charge in [-0.15, -0.1) is 0 Å². The molecule has 0 spiro atoms. The van der Waals surface area contributed by atoms with E-state index in [0.717, 1.165) is 5.56 Å². The summed E-state index contributed by atoms with van der Waals surface area (Å²) in [7, 11) is 4.08. The maximum atomic E-state index is 8.78. The van der Waals surface area contributed by atoms with Gasteiger partial charge in [-0.2, -0.15) is 5.26 Å². The molecule has 144 valence electrons. The van der Waals surface area contributed by atoms with Crippen LogP contribution in [0.1, 0.15) is 16.7 Å². The number of hydrogen-bond donors (Lipinski definition) is 0. The summed E-state index contributed by atoms with van der Waals surface area (Å²) in [5.74, 6) is 0. The van der Waals surface area contributed by atoms with E-state index in [4.69, 9.17) is 5.26 Å². The first kappa shape index (κ1) is 21.5. The van der Waals surface area contributed by atoms with Gasteiger partial charge in [-0.1, -0.05) is 97.2 Å². The zero-order valence-electron chi connectivity index (χ0n) is 16.9. The van der Waals surface area contributed by atoms with Crippen LogP contribution in [0.3, 0.4) is 0 Å². The molecule has 0 saturated carbocycles. The number of benzene rings is 2. The lowest BCUT2D eigenvalue weighted by molar-refractivity contribution is 1.13. The maximum absolute atomic E-state index is 8.78. The Morgan fingerprint density at radius 2 is 0.966 bits per heavy atom. The Labute approximate surface area is 174 Å². The van der Waals surface area contributed by atoms with Gasteiger partial charge in [0.25, 0.3) is 0 Å². The molecule has 2 nitrogen and oxygen atoms in total. The molecule has 0 N–H and O–H groups in total. The minimum absolute atomic E-state index is 0.676. The second kappa shape index (κ2) is 12.5. The lowest BCUT2D eigenvalue weighted by Crippen LogP contribution is -2.07. The van der Waals surface area contributed by atoms with Crippen LogP contribution in [-0.4, -0.2) is 14.1 Å². The van der Waals surface area contributed by atoms with Crippen molar-refractivity contribution in [2.75, 3.05) is 19.0 Å². The Bertz CT molecular complexity index is 959. The van der Waals surface area contributed by atoms with Crippen molar-refractivity contribution in [2.24, 2.45) is 0 Å². The zero-order chi connectivity index (χ0) is 20.7. The van der Waals surface area contributed by atoms with Crippen molar-refractivity contribution in [3.8, 4) is 6.07 Å². The predicted molar refractivity (Wildman–Crippen MR) is 127 cm³/mol. The fraction of sp³-hybridized carbons (Fsp3) is 0.0741. The van der Waals surface area contributed by atoms with Gasteiger partial charge in [-0.25, -0.2) is 0 Å². The van der Waals surface area contributed by atoms with E-state index in [1.165, 1.54) is 11.3 Å². The van der Waals surface area contributed by atoms with Gasteiger partial charge in [0.1, 0.15) is 0 Å². The van der Waals surface area contributed by atoms with Crippen LogP contribution < -0.4 is 4.90 Å². The Morgan fingerprint density at radius 3 is 1.34 bits per heavy atom. The number of nitriles is 1. The van der Waals surface area contributed by atoms with Gasteiger partial charge in [0, 0.05) is 19.8 Å². The molecule has 0 aliphatic carbocycles. The second-order valence-electron chi connectivity index (χ2n) is 6.48. The van der Waals surface area contributed by atoms with Gasteiger partial charge in [0.05, 0.1) is 11.6 Å². The van der Waals surface area contributed by atoms with Crippen LogP contribution in [0.4, 0.5) is 5.69 Å². The number of rotatable bonds is 8. The normalized spacial score (nSPS) is 12.3. The molecule has 0 saturated heterocycles. The summed E-state index contributed by atoms with van der Waals surface area (Å²) in [5, 5.41) is 8.78. The number of allylic oxidation sites excluding steroid dienone is 10. The smallest absolute Gasteiger partial charge is 0.0991 e. The SMILES string of the molecule is CN(C)c1ccc(/C=C/C=C/C=C/C=C/C=C/C=C/c2ccc(C#N)cc2)cc1. The summed E-state index contributed by atoms with van der Waals surface area (Å²) in [4.78, 5) is 2.09. The second-order valence-corrected chi connectivity index (χ2v) is 6.48. The summed E-state index contributed by atoms with van der Waals surface area (Å²) in [6, 6.07) is 18.1. The molecule has 0 aliphatic rings. The molecule has 0 fully saturated rings. The molecule has 2 aromatic rings. The summed E-state index contributed by atoms with van der Waals surface area (Å²) in [6.07, 6.45) is 24.0. The van der Waals surface area contributed by atoms with Gasteiger partial charge in [-0.05, 0) is 35.4 Å².